The highest BCUT2D eigenvalue weighted by atomic mass is 16.5. The lowest BCUT2D eigenvalue weighted by Crippen LogP contribution is -2.03. The van der Waals surface area contributed by atoms with Crippen LogP contribution in [0.15, 0.2) is 36.7 Å². The third kappa shape index (κ3) is 2.97. The molecule has 126 valence electrons. The van der Waals surface area contributed by atoms with E-state index in [1.54, 1.807) is 6.07 Å². The maximum Gasteiger partial charge on any atom is 0.143 e. The first-order chi connectivity index (χ1) is 12.2. The van der Waals surface area contributed by atoms with Crippen molar-refractivity contribution in [3.63, 3.8) is 0 Å². The van der Waals surface area contributed by atoms with E-state index in [2.05, 4.69) is 32.4 Å². The Hall–Kier alpha value is -3.19. The lowest BCUT2D eigenvalue weighted by Gasteiger charge is -2.11. The molecule has 2 aromatic heterocycles. The van der Waals surface area contributed by atoms with Crippen molar-refractivity contribution < 1.29 is 4.74 Å². The van der Waals surface area contributed by atoms with Crippen LogP contribution < -0.4 is 11.1 Å². The van der Waals surface area contributed by atoms with Crippen molar-refractivity contribution >= 4 is 40.0 Å². The van der Waals surface area contributed by atoms with E-state index in [0.29, 0.717) is 23.7 Å². The molecule has 3 heterocycles. The number of hydrogen-bond acceptors (Lipinski definition) is 6. The Balaban J connectivity index is 1.71. The van der Waals surface area contributed by atoms with Crippen molar-refractivity contribution in [1.82, 2.24) is 15.0 Å². The molecule has 1 aromatic carbocycles. The number of benzene rings is 1. The van der Waals surface area contributed by atoms with E-state index in [9.17, 15) is 0 Å². The number of nitrogens with two attached hydrogens (primary N) is 1. The molecule has 0 unspecified atom stereocenters. The summed E-state index contributed by atoms with van der Waals surface area (Å²) in [5, 5.41) is 11.6. The molecule has 7 heteroatoms. The third-order valence-corrected chi connectivity index (χ3v) is 4.24. The number of anilines is 3. The zero-order valence-electron chi connectivity index (χ0n) is 13.5. The molecule has 1 aliphatic heterocycles. The minimum absolute atomic E-state index is 0.573. The molecular formula is C18H18N6O. The van der Waals surface area contributed by atoms with Crippen molar-refractivity contribution in [2.24, 2.45) is 0 Å². The Morgan fingerprint density at radius 1 is 1.28 bits per heavy atom. The molecule has 4 rings (SSSR count). The molecule has 0 fully saturated rings. The van der Waals surface area contributed by atoms with Crippen LogP contribution in [-0.2, 0) is 4.74 Å². The van der Waals surface area contributed by atoms with Gasteiger partial charge in [0.2, 0.25) is 0 Å². The Kier molecular flexibility index (Phi) is 3.91. The van der Waals surface area contributed by atoms with Crippen LogP contribution in [0.1, 0.15) is 17.7 Å². The monoisotopic (exact) mass is 334 g/mol. The van der Waals surface area contributed by atoms with Gasteiger partial charge in [0.05, 0.1) is 18.6 Å². The smallest absolute Gasteiger partial charge is 0.143 e. The number of nitrogens with one attached hydrogen (secondary N) is 3. The molecule has 0 saturated heterocycles. The number of hydrogen-bond donors (Lipinski definition) is 4. The van der Waals surface area contributed by atoms with Crippen LogP contribution in [0.3, 0.4) is 0 Å². The first-order valence-electron chi connectivity index (χ1n) is 8.02. The summed E-state index contributed by atoms with van der Waals surface area (Å²) in [5.74, 6) is 0.709. The summed E-state index contributed by atoms with van der Waals surface area (Å²) in [6.07, 6.45) is 5.73. The van der Waals surface area contributed by atoms with Gasteiger partial charge < -0.3 is 26.2 Å². The van der Waals surface area contributed by atoms with Gasteiger partial charge in [-0.15, -0.1) is 0 Å². The molecular weight excluding hydrogens is 316 g/mol. The molecule has 0 spiro atoms. The highest BCUT2D eigenvalue weighted by Crippen LogP contribution is 2.29. The topological polar surface area (TPSA) is 113 Å². The molecule has 0 bridgehead atoms. The summed E-state index contributed by atoms with van der Waals surface area (Å²) in [6.45, 7) is 1.37. The number of rotatable bonds is 4. The largest absolute Gasteiger partial charge is 0.398 e. The van der Waals surface area contributed by atoms with Crippen LogP contribution in [0.4, 0.5) is 17.2 Å². The second-order valence-corrected chi connectivity index (χ2v) is 5.83. The zero-order chi connectivity index (χ0) is 17.2. The molecule has 0 atom stereocenters. The van der Waals surface area contributed by atoms with Crippen LogP contribution in [-0.4, -0.2) is 34.4 Å². The van der Waals surface area contributed by atoms with Gasteiger partial charge in [0, 0.05) is 28.8 Å². The fourth-order valence-electron chi connectivity index (χ4n) is 2.90. The van der Waals surface area contributed by atoms with E-state index in [0.717, 1.165) is 35.4 Å². The quantitative estimate of drug-likeness (QED) is 0.432. The summed E-state index contributed by atoms with van der Waals surface area (Å²) in [7, 11) is 0. The fraction of sp³-hybridized carbons (Fsp3) is 0.167. The van der Waals surface area contributed by atoms with Gasteiger partial charge in [-0.25, -0.2) is 9.97 Å². The lowest BCUT2D eigenvalue weighted by atomic mass is 10.1. The highest BCUT2D eigenvalue weighted by molar-refractivity contribution is 5.93. The van der Waals surface area contributed by atoms with Gasteiger partial charge in [-0.1, -0.05) is 6.08 Å². The fourth-order valence-corrected chi connectivity index (χ4v) is 2.90. The number of nitrogen functional groups attached to an aromatic ring is 1. The molecule has 1 aliphatic rings. The highest BCUT2D eigenvalue weighted by Gasteiger charge is 2.13. The Morgan fingerprint density at radius 2 is 2.20 bits per heavy atom. The number of aromatic amines is 1. The lowest BCUT2D eigenvalue weighted by molar-refractivity contribution is 0.161. The maximum atomic E-state index is 7.43. The SMILES string of the molecule is N=Cc1cc(Nc2ncnc3[nH]c(C4=CCOCC4)cc23)ccc1N. The number of fused-ring (bicyclic) bond motifs is 1. The van der Waals surface area contributed by atoms with Gasteiger partial charge in [0.25, 0.3) is 0 Å². The van der Waals surface area contributed by atoms with E-state index < -0.39 is 0 Å². The van der Waals surface area contributed by atoms with Crippen LogP contribution >= 0.6 is 0 Å². The molecule has 7 nitrogen and oxygen atoms in total. The summed E-state index contributed by atoms with van der Waals surface area (Å²) >= 11 is 0. The third-order valence-electron chi connectivity index (χ3n) is 4.24. The molecule has 25 heavy (non-hydrogen) atoms. The van der Waals surface area contributed by atoms with Crippen LogP contribution in [0.2, 0.25) is 0 Å². The van der Waals surface area contributed by atoms with Gasteiger partial charge in [0.15, 0.2) is 0 Å². The van der Waals surface area contributed by atoms with Crippen LogP contribution in [0, 0.1) is 5.41 Å². The average Bonchev–Trinajstić information content (AvgIpc) is 3.09. The number of H-pyrrole nitrogens is 1. The summed E-state index contributed by atoms with van der Waals surface area (Å²) in [6, 6.07) is 7.52. The van der Waals surface area contributed by atoms with Crippen molar-refractivity contribution in [1.29, 1.82) is 5.41 Å². The maximum absolute atomic E-state index is 7.43. The first kappa shape index (κ1) is 15.3. The Labute approximate surface area is 144 Å². The summed E-state index contributed by atoms with van der Waals surface area (Å²) in [4.78, 5) is 12.0. The van der Waals surface area contributed by atoms with Crippen LogP contribution in [0.25, 0.3) is 16.6 Å². The van der Waals surface area contributed by atoms with Gasteiger partial charge in [-0.3, -0.25) is 0 Å². The molecule has 0 amide bonds. The number of aromatic nitrogens is 3. The predicted molar refractivity (Wildman–Crippen MR) is 99.3 cm³/mol. The second-order valence-electron chi connectivity index (χ2n) is 5.83. The first-order valence-corrected chi connectivity index (χ1v) is 8.02. The Bertz CT molecular complexity index is 975. The Morgan fingerprint density at radius 3 is 3.00 bits per heavy atom. The summed E-state index contributed by atoms with van der Waals surface area (Å²) in [5.41, 5.74) is 11.0. The van der Waals surface area contributed by atoms with Crippen LogP contribution in [0.5, 0.6) is 0 Å². The number of ether oxygens (including phenoxy) is 1. The molecule has 3 aromatic rings. The van der Waals surface area contributed by atoms with Crippen molar-refractivity contribution in [3.8, 4) is 0 Å². The van der Waals surface area contributed by atoms with E-state index >= 15 is 0 Å². The minimum atomic E-state index is 0.573. The van der Waals surface area contributed by atoms with Crippen molar-refractivity contribution in [3.05, 3.63) is 47.9 Å². The number of nitrogens with zero attached hydrogens (tertiary/aromatic N) is 2. The van der Waals surface area contributed by atoms with E-state index in [1.807, 2.05) is 12.1 Å². The van der Waals surface area contributed by atoms with E-state index in [1.165, 1.54) is 18.1 Å². The normalized spacial score (nSPS) is 14.3. The van der Waals surface area contributed by atoms with Gasteiger partial charge >= 0.3 is 0 Å². The molecule has 5 N–H and O–H groups in total. The van der Waals surface area contributed by atoms with E-state index in [-0.39, 0.29) is 0 Å². The van der Waals surface area contributed by atoms with Gasteiger partial charge in [-0.05, 0) is 36.3 Å². The average molecular weight is 334 g/mol. The summed E-state index contributed by atoms with van der Waals surface area (Å²) < 4.78 is 5.37. The van der Waals surface area contributed by atoms with Crippen molar-refractivity contribution in [2.45, 2.75) is 6.42 Å². The van der Waals surface area contributed by atoms with Gasteiger partial charge in [-0.2, -0.15) is 0 Å². The van der Waals surface area contributed by atoms with Gasteiger partial charge in [0.1, 0.15) is 17.8 Å². The zero-order valence-corrected chi connectivity index (χ0v) is 13.5. The molecule has 0 saturated carbocycles. The second kappa shape index (κ2) is 6.37. The minimum Gasteiger partial charge on any atom is -0.398 e. The molecule has 0 aliphatic carbocycles. The molecule has 0 radical (unpaired) electrons. The predicted octanol–water partition coefficient (Wildman–Crippen LogP) is 3.09. The van der Waals surface area contributed by atoms with Crippen molar-refractivity contribution in [2.75, 3.05) is 24.3 Å². The standard InChI is InChI=1S/C18H18N6O/c19-9-12-7-13(1-2-15(12)20)23-17-14-8-16(11-3-5-25-6-4-11)24-18(14)22-10-21-17/h1-3,7-10,19H,4-6,20H2,(H2,21,22,23,24). The van der Waals surface area contributed by atoms with E-state index in [4.69, 9.17) is 15.9 Å².